The van der Waals surface area contributed by atoms with Crippen LogP contribution in [-0.4, -0.2) is 78.1 Å². The van der Waals surface area contributed by atoms with Crippen molar-refractivity contribution in [3.05, 3.63) is 35.4 Å². The van der Waals surface area contributed by atoms with Gasteiger partial charge in [-0.25, -0.2) is 4.99 Å². The lowest BCUT2D eigenvalue weighted by molar-refractivity contribution is -0.181. The summed E-state index contributed by atoms with van der Waals surface area (Å²) in [4.78, 5) is 22.1. The molecule has 1 N–H and O–H groups in total. The van der Waals surface area contributed by atoms with Crippen LogP contribution in [0.25, 0.3) is 0 Å². The van der Waals surface area contributed by atoms with Crippen LogP contribution in [0, 0.1) is 0 Å². The summed E-state index contributed by atoms with van der Waals surface area (Å²) >= 11 is 0. The zero-order chi connectivity index (χ0) is 22.4. The minimum absolute atomic E-state index is 0.192. The number of hydrogen-bond donors (Lipinski definition) is 1. The zero-order valence-electron chi connectivity index (χ0n) is 18.3. The van der Waals surface area contributed by atoms with Gasteiger partial charge in [0.15, 0.2) is 5.96 Å². The topological polar surface area (TPSA) is 51.2 Å². The average molecular weight is 440 g/mol. The van der Waals surface area contributed by atoms with Crippen molar-refractivity contribution in [2.24, 2.45) is 4.99 Å². The zero-order valence-corrected chi connectivity index (χ0v) is 18.3. The van der Waals surface area contributed by atoms with E-state index in [1.54, 1.807) is 0 Å². The molecule has 31 heavy (non-hydrogen) atoms. The Morgan fingerprint density at radius 3 is 2.39 bits per heavy atom. The maximum atomic E-state index is 13.0. The van der Waals surface area contributed by atoms with Gasteiger partial charge in [0.05, 0.1) is 6.54 Å². The molecule has 0 bridgehead atoms. The Bertz CT molecular complexity index is 775. The van der Waals surface area contributed by atoms with E-state index in [4.69, 9.17) is 4.99 Å². The van der Waals surface area contributed by atoms with Gasteiger partial charge in [0.2, 0.25) is 5.91 Å². The van der Waals surface area contributed by atoms with Crippen LogP contribution in [0.4, 0.5) is 13.2 Å². The van der Waals surface area contributed by atoms with Gasteiger partial charge in [0.25, 0.3) is 0 Å². The first-order valence-electron chi connectivity index (χ1n) is 11.0. The van der Waals surface area contributed by atoms with Crippen molar-refractivity contribution in [1.29, 1.82) is 0 Å². The van der Waals surface area contributed by atoms with E-state index in [1.165, 1.54) is 11.8 Å². The van der Waals surface area contributed by atoms with Gasteiger partial charge < -0.3 is 15.1 Å². The quantitative estimate of drug-likeness (QED) is 0.547. The number of nitrogens with zero attached hydrogens (tertiary/aromatic N) is 4. The van der Waals surface area contributed by atoms with Gasteiger partial charge in [-0.15, -0.1) is 0 Å². The van der Waals surface area contributed by atoms with Crippen LogP contribution >= 0.6 is 0 Å². The van der Waals surface area contributed by atoms with Gasteiger partial charge in [-0.05, 0) is 31.4 Å². The molecule has 2 aliphatic heterocycles. The maximum absolute atomic E-state index is 13.0. The summed E-state index contributed by atoms with van der Waals surface area (Å²) in [7, 11) is 0. The van der Waals surface area contributed by atoms with Crippen LogP contribution < -0.4 is 5.32 Å². The summed E-state index contributed by atoms with van der Waals surface area (Å²) in [6.07, 6.45) is -2.69. The van der Waals surface area contributed by atoms with Crippen molar-refractivity contribution in [3.8, 4) is 0 Å². The van der Waals surface area contributed by atoms with Crippen LogP contribution in [0.2, 0.25) is 0 Å². The fraction of sp³-hybridized carbons (Fsp3) is 0.636. The van der Waals surface area contributed by atoms with Gasteiger partial charge >= 0.3 is 6.18 Å². The molecule has 0 saturated carbocycles. The number of carbonyl (C=O) groups excluding carboxylic acids is 1. The maximum Gasteiger partial charge on any atom is 0.403 e. The van der Waals surface area contributed by atoms with Crippen LogP contribution in [0.3, 0.4) is 0 Å². The highest BCUT2D eigenvalue weighted by molar-refractivity contribution is 5.80. The Labute approximate surface area is 182 Å². The van der Waals surface area contributed by atoms with Crippen LogP contribution in [0.15, 0.2) is 29.3 Å². The molecule has 6 nitrogen and oxygen atoms in total. The average Bonchev–Trinajstić information content (AvgIpc) is 3.15. The number of nitrogens with one attached hydrogen (secondary N) is 1. The molecule has 1 unspecified atom stereocenters. The third-order valence-electron chi connectivity index (χ3n) is 6.02. The summed E-state index contributed by atoms with van der Waals surface area (Å²) in [5.41, 5.74) is 2.14. The summed E-state index contributed by atoms with van der Waals surface area (Å²) in [5, 5.41) is 3.27. The molecular weight excluding hydrogens is 407 g/mol. The number of piperazine rings is 1. The summed E-state index contributed by atoms with van der Waals surface area (Å²) in [6.45, 7) is 7.40. The van der Waals surface area contributed by atoms with E-state index in [2.05, 4.69) is 5.32 Å². The van der Waals surface area contributed by atoms with Crippen LogP contribution in [0.5, 0.6) is 0 Å². The number of benzene rings is 1. The van der Waals surface area contributed by atoms with E-state index in [-0.39, 0.29) is 5.91 Å². The SMILES string of the molecule is CCNC(=NCc1ccccc1CN1CCCC1=O)N1CCN(C(C)C(F)(F)F)CC1. The predicted molar refractivity (Wildman–Crippen MR) is 115 cm³/mol. The molecule has 1 aromatic carbocycles. The highest BCUT2D eigenvalue weighted by Gasteiger charge is 2.41. The Morgan fingerprint density at radius 2 is 1.81 bits per heavy atom. The molecular formula is C22H32F3N5O. The highest BCUT2D eigenvalue weighted by atomic mass is 19.4. The second-order valence-corrected chi connectivity index (χ2v) is 8.10. The lowest BCUT2D eigenvalue weighted by Gasteiger charge is -2.39. The molecule has 1 aromatic rings. The predicted octanol–water partition coefficient (Wildman–Crippen LogP) is 2.84. The molecule has 0 aliphatic carbocycles. The fourth-order valence-corrected chi connectivity index (χ4v) is 4.06. The minimum atomic E-state index is -4.21. The Morgan fingerprint density at radius 1 is 1.13 bits per heavy atom. The van der Waals surface area contributed by atoms with Crippen molar-refractivity contribution >= 4 is 11.9 Å². The van der Waals surface area contributed by atoms with Crippen LogP contribution in [0.1, 0.15) is 37.8 Å². The Balaban J connectivity index is 1.65. The first-order valence-corrected chi connectivity index (χ1v) is 11.0. The summed E-state index contributed by atoms with van der Waals surface area (Å²) in [6, 6.07) is 6.54. The molecule has 2 saturated heterocycles. The number of guanidine groups is 1. The lowest BCUT2D eigenvalue weighted by Crippen LogP contribution is -2.56. The largest absolute Gasteiger partial charge is 0.403 e. The number of alkyl halides is 3. The van der Waals surface area contributed by atoms with Gasteiger partial charge in [-0.1, -0.05) is 24.3 Å². The number of likely N-dealkylation sites (tertiary alicyclic amines) is 1. The van der Waals surface area contributed by atoms with E-state index in [0.717, 1.165) is 24.1 Å². The third kappa shape index (κ3) is 6.12. The van der Waals surface area contributed by atoms with Crippen molar-refractivity contribution in [2.45, 2.75) is 52.0 Å². The Hall–Kier alpha value is -2.29. The highest BCUT2D eigenvalue weighted by Crippen LogP contribution is 2.25. The standard InChI is InChI=1S/C22H32F3N5O/c1-3-26-21(29-13-11-28(12-14-29)17(2)22(23,24)25)27-15-18-7-4-5-8-19(18)16-30-10-6-9-20(30)31/h4-5,7-8,17H,3,6,9-16H2,1-2H3,(H,26,27). The number of amides is 1. The smallest absolute Gasteiger partial charge is 0.357 e. The number of aliphatic imine (C=N–C) groups is 1. The molecule has 2 fully saturated rings. The number of hydrogen-bond acceptors (Lipinski definition) is 3. The molecule has 1 atom stereocenters. The molecule has 2 aliphatic rings. The number of carbonyl (C=O) groups is 1. The summed E-state index contributed by atoms with van der Waals surface area (Å²) < 4.78 is 39.0. The van der Waals surface area contributed by atoms with E-state index >= 15 is 0 Å². The van der Waals surface area contributed by atoms with E-state index in [0.29, 0.717) is 58.2 Å². The molecule has 172 valence electrons. The molecule has 3 rings (SSSR count). The van der Waals surface area contributed by atoms with Gasteiger partial charge in [-0.3, -0.25) is 9.69 Å². The first-order chi connectivity index (χ1) is 14.8. The molecule has 1 amide bonds. The molecule has 0 aromatic heterocycles. The van der Waals surface area contributed by atoms with Crippen LogP contribution in [-0.2, 0) is 17.9 Å². The Kier molecular flexibility index (Phi) is 7.80. The van der Waals surface area contributed by atoms with Crippen molar-refractivity contribution < 1.29 is 18.0 Å². The third-order valence-corrected chi connectivity index (χ3v) is 6.02. The second kappa shape index (κ2) is 10.3. The first kappa shape index (κ1) is 23.4. The molecule has 0 radical (unpaired) electrons. The normalized spacial score (nSPS) is 19.8. The van der Waals surface area contributed by atoms with E-state index in [1.807, 2.05) is 41.0 Å². The van der Waals surface area contributed by atoms with Gasteiger partial charge in [-0.2, -0.15) is 13.2 Å². The lowest BCUT2D eigenvalue weighted by atomic mass is 10.1. The van der Waals surface area contributed by atoms with Crippen molar-refractivity contribution in [1.82, 2.24) is 20.0 Å². The molecule has 0 spiro atoms. The van der Waals surface area contributed by atoms with Gasteiger partial charge in [0, 0.05) is 52.2 Å². The molecule has 9 heteroatoms. The van der Waals surface area contributed by atoms with E-state index in [9.17, 15) is 18.0 Å². The van der Waals surface area contributed by atoms with Gasteiger partial charge in [0.1, 0.15) is 6.04 Å². The number of rotatable bonds is 6. The van der Waals surface area contributed by atoms with E-state index < -0.39 is 12.2 Å². The fourth-order valence-electron chi connectivity index (χ4n) is 4.06. The number of halogens is 3. The summed E-state index contributed by atoms with van der Waals surface area (Å²) in [5.74, 6) is 0.909. The monoisotopic (exact) mass is 439 g/mol. The minimum Gasteiger partial charge on any atom is -0.357 e. The van der Waals surface area contributed by atoms with Crippen molar-refractivity contribution in [3.63, 3.8) is 0 Å². The molecule has 2 heterocycles. The second-order valence-electron chi connectivity index (χ2n) is 8.10. The van der Waals surface area contributed by atoms with Crippen molar-refractivity contribution in [2.75, 3.05) is 39.3 Å².